The van der Waals surface area contributed by atoms with Crippen LogP contribution in [-0.4, -0.2) is 42.1 Å². The Hall–Kier alpha value is -3.44. The number of ether oxygens (including phenoxy) is 1. The smallest absolute Gasteiger partial charge is 0.396 e. The lowest BCUT2D eigenvalue weighted by atomic mass is 10.0. The Balaban J connectivity index is 0.000000730. The molecule has 0 spiro atoms. The summed E-state index contributed by atoms with van der Waals surface area (Å²) < 4.78 is 50.6. The molecule has 0 aliphatic heterocycles. The molecule has 1 N–H and O–H groups in total. The van der Waals surface area contributed by atoms with Gasteiger partial charge in [-0.3, -0.25) is 8.97 Å². The molecule has 1 saturated carbocycles. The first-order valence-electron chi connectivity index (χ1n) is 12.2. The Bertz CT molecular complexity index is 1380. The average Bonchev–Trinajstić information content (AvgIpc) is 3.37. The van der Waals surface area contributed by atoms with E-state index < -0.39 is 17.4 Å². The Morgan fingerprint density at radius 3 is 2.46 bits per heavy atom. The van der Waals surface area contributed by atoms with Crippen LogP contribution in [0.2, 0.25) is 0 Å². The van der Waals surface area contributed by atoms with Crippen molar-refractivity contribution in [3.63, 3.8) is 0 Å². The number of aliphatic hydroxyl groups excluding tert-OH is 1. The van der Waals surface area contributed by atoms with Crippen molar-refractivity contribution >= 4 is 5.52 Å². The van der Waals surface area contributed by atoms with Gasteiger partial charge in [-0.25, -0.2) is 4.79 Å². The van der Waals surface area contributed by atoms with Crippen LogP contribution in [-0.2, 0) is 31.0 Å². The molecule has 0 bridgehead atoms. The van der Waals surface area contributed by atoms with E-state index in [4.69, 9.17) is 9.84 Å². The number of aliphatic hydroxyl groups is 1. The molecule has 0 amide bonds. The fourth-order valence-corrected chi connectivity index (χ4v) is 3.81. The number of hydrogen-bond acceptors (Lipinski definition) is 5. The molecule has 1 fully saturated rings. The number of aromatic nitrogens is 5. The highest BCUT2D eigenvalue weighted by Gasteiger charge is 2.34. The molecule has 0 saturated heterocycles. The summed E-state index contributed by atoms with van der Waals surface area (Å²) >= 11 is 0. The summed E-state index contributed by atoms with van der Waals surface area (Å²) in [6.07, 6.45) is 6.30. The van der Waals surface area contributed by atoms with Crippen LogP contribution in [0.15, 0.2) is 53.8 Å². The SMILES string of the molecule is C1CCC1.Cn1cnnc1Cc1cccc(-n2cc3c(C(F)(F)F)cc(COCCCO)cn3c2=O)c1. The molecule has 198 valence electrons. The van der Waals surface area contributed by atoms with Gasteiger partial charge in [-0.2, -0.15) is 13.2 Å². The molecule has 1 aliphatic rings. The van der Waals surface area contributed by atoms with Crippen molar-refractivity contribution in [3.8, 4) is 5.69 Å². The molecule has 11 heteroatoms. The van der Waals surface area contributed by atoms with Crippen LogP contribution in [0, 0.1) is 0 Å². The third-order valence-corrected chi connectivity index (χ3v) is 6.20. The molecule has 5 rings (SSSR count). The molecule has 1 aliphatic carbocycles. The molecule has 4 aromatic rings. The van der Waals surface area contributed by atoms with Gasteiger partial charge in [0.05, 0.1) is 23.4 Å². The number of halogens is 3. The molecular weight excluding hydrogens is 487 g/mol. The number of nitrogens with zero attached hydrogens (tertiary/aromatic N) is 5. The highest BCUT2D eigenvalue weighted by molar-refractivity contribution is 5.58. The number of rotatable bonds is 8. The molecule has 0 radical (unpaired) electrons. The van der Waals surface area contributed by atoms with Crippen molar-refractivity contribution in [2.45, 2.75) is 51.3 Å². The second-order valence-corrected chi connectivity index (χ2v) is 9.05. The predicted octanol–water partition coefficient (Wildman–Crippen LogP) is 4.29. The first-order valence-corrected chi connectivity index (χ1v) is 12.2. The Morgan fingerprint density at radius 1 is 1.08 bits per heavy atom. The number of fused-ring (bicyclic) bond motifs is 1. The van der Waals surface area contributed by atoms with E-state index in [1.54, 1.807) is 29.1 Å². The van der Waals surface area contributed by atoms with Gasteiger partial charge in [0.2, 0.25) is 0 Å². The van der Waals surface area contributed by atoms with Crippen molar-refractivity contribution in [1.29, 1.82) is 0 Å². The molecule has 3 aromatic heterocycles. The maximum atomic E-state index is 13.8. The fourth-order valence-electron chi connectivity index (χ4n) is 3.81. The van der Waals surface area contributed by atoms with Crippen LogP contribution in [0.3, 0.4) is 0 Å². The zero-order valence-corrected chi connectivity index (χ0v) is 20.6. The minimum absolute atomic E-state index is 0.0785. The van der Waals surface area contributed by atoms with Gasteiger partial charge in [-0.05, 0) is 35.7 Å². The maximum Gasteiger partial charge on any atom is 0.418 e. The van der Waals surface area contributed by atoms with Crippen molar-refractivity contribution in [2.75, 3.05) is 13.2 Å². The van der Waals surface area contributed by atoms with Gasteiger partial charge in [0.15, 0.2) is 0 Å². The first kappa shape index (κ1) is 26.6. The van der Waals surface area contributed by atoms with E-state index in [-0.39, 0.29) is 30.9 Å². The largest absolute Gasteiger partial charge is 0.418 e. The van der Waals surface area contributed by atoms with E-state index in [1.165, 1.54) is 42.6 Å². The van der Waals surface area contributed by atoms with Crippen LogP contribution < -0.4 is 5.69 Å². The van der Waals surface area contributed by atoms with Crippen LogP contribution in [0.25, 0.3) is 11.2 Å². The summed E-state index contributed by atoms with van der Waals surface area (Å²) in [5.74, 6) is 0.715. The third kappa shape index (κ3) is 6.47. The lowest BCUT2D eigenvalue weighted by molar-refractivity contribution is -0.136. The van der Waals surface area contributed by atoms with E-state index in [0.717, 1.165) is 16.0 Å². The van der Waals surface area contributed by atoms with Gasteiger partial charge in [0.1, 0.15) is 12.2 Å². The second kappa shape index (κ2) is 11.7. The molecule has 0 atom stereocenters. The fraction of sp³-hybridized carbons (Fsp3) is 0.423. The molecule has 8 nitrogen and oxygen atoms in total. The summed E-state index contributed by atoms with van der Waals surface area (Å²) in [4.78, 5) is 13.1. The molecular formula is C26H30F3N5O3. The number of hydrogen-bond donors (Lipinski definition) is 1. The highest BCUT2D eigenvalue weighted by Crippen LogP contribution is 2.33. The Labute approximate surface area is 212 Å². The van der Waals surface area contributed by atoms with Gasteiger partial charge in [0.25, 0.3) is 0 Å². The average molecular weight is 518 g/mol. The molecule has 1 aromatic carbocycles. The highest BCUT2D eigenvalue weighted by atomic mass is 19.4. The van der Waals surface area contributed by atoms with Crippen molar-refractivity contribution in [2.24, 2.45) is 7.05 Å². The third-order valence-electron chi connectivity index (χ3n) is 6.20. The van der Waals surface area contributed by atoms with Gasteiger partial charge in [-0.1, -0.05) is 37.8 Å². The van der Waals surface area contributed by atoms with E-state index in [9.17, 15) is 18.0 Å². The Morgan fingerprint density at radius 2 is 1.84 bits per heavy atom. The minimum Gasteiger partial charge on any atom is -0.396 e. The standard InChI is InChI=1S/C22H22F3N5O3.C4H8/c1-28-14-26-27-20(28)10-15-4-2-5-17(8-15)29-12-19-18(22(23,24)25)9-16(11-30(19)21(29)32)13-33-7-3-6-31;1-2-4-3-1/h2,4-5,8-9,11-12,14,31H,3,6-7,10,13H2,1H3;1-4H2. The van der Waals surface area contributed by atoms with Gasteiger partial charge in [0, 0.05) is 39.1 Å². The summed E-state index contributed by atoms with van der Waals surface area (Å²) in [5, 5.41) is 16.7. The number of benzene rings is 1. The normalized spacial score (nSPS) is 13.3. The van der Waals surface area contributed by atoms with E-state index in [0.29, 0.717) is 24.4 Å². The lowest BCUT2D eigenvalue weighted by Crippen LogP contribution is -2.20. The summed E-state index contributed by atoms with van der Waals surface area (Å²) in [7, 11) is 1.81. The summed E-state index contributed by atoms with van der Waals surface area (Å²) in [5.41, 5.74) is -0.300. The van der Waals surface area contributed by atoms with Crippen LogP contribution in [0.1, 0.15) is 54.6 Å². The van der Waals surface area contributed by atoms with Crippen molar-refractivity contribution in [3.05, 3.63) is 82.1 Å². The minimum atomic E-state index is -4.65. The number of alkyl halides is 3. The van der Waals surface area contributed by atoms with Crippen molar-refractivity contribution in [1.82, 2.24) is 23.7 Å². The number of aryl methyl sites for hydroxylation is 1. The quantitative estimate of drug-likeness (QED) is 0.353. The van der Waals surface area contributed by atoms with Gasteiger partial charge >= 0.3 is 11.9 Å². The second-order valence-electron chi connectivity index (χ2n) is 9.05. The molecule has 3 heterocycles. The zero-order chi connectivity index (χ0) is 26.4. The van der Waals surface area contributed by atoms with E-state index in [1.807, 2.05) is 13.1 Å². The zero-order valence-electron chi connectivity index (χ0n) is 20.6. The lowest BCUT2D eigenvalue weighted by Gasteiger charge is -2.11. The molecule has 37 heavy (non-hydrogen) atoms. The van der Waals surface area contributed by atoms with E-state index in [2.05, 4.69) is 10.2 Å². The van der Waals surface area contributed by atoms with Crippen LogP contribution in [0.5, 0.6) is 0 Å². The molecule has 0 unspecified atom stereocenters. The van der Waals surface area contributed by atoms with E-state index >= 15 is 0 Å². The maximum absolute atomic E-state index is 13.8. The van der Waals surface area contributed by atoms with Crippen LogP contribution >= 0.6 is 0 Å². The number of pyridine rings is 1. The number of imidazole rings is 1. The summed E-state index contributed by atoms with van der Waals surface area (Å²) in [6.45, 7) is 0.0127. The summed E-state index contributed by atoms with van der Waals surface area (Å²) in [6, 6.07) is 7.97. The topological polar surface area (TPSA) is 86.6 Å². The first-order chi connectivity index (χ1) is 17.8. The van der Waals surface area contributed by atoms with Crippen molar-refractivity contribution < 1.29 is 23.0 Å². The predicted molar refractivity (Wildman–Crippen MR) is 132 cm³/mol. The van der Waals surface area contributed by atoms with Crippen LogP contribution in [0.4, 0.5) is 13.2 Å². The monoisotopic (exact) mass is 517 g/mol. The Kier molecular flexibility index (Phi) is 8.45. The van der Waals surface area contributed by atoms with Gasteiger partial charge in [-0.15, -0.1) is 10.2 Å². The van der Waals surface area contributed by atoms with Gasteiger partial charge < -0.3 is 14.4 Å².